The summed E-state index contributed by atoms with van der Waals surface area (Å²) in [6.45, 7) is 8.50. The van der Waals surface area contributed by atoms with E-state index in [0.29, 0.717) is 40.0 Å². The van der Waals surface area contributed by atoms with Crippen molar-refractivity contribution >= 4 is 34.1 Å². The van der Waals surface area contributed by atoms with Gasteiger partial charge < -0.3 is 19.7 Å². The highest BCUT2D eigenvalue weighted by atomic mass is 32.1. The molecule has 0 atom stereocenters. The number of hydrogen-bond donors (Lipinski definition) is 1. The standard InChI is InChI=1S/C27H28N2O5S/c1-5-29(6-2)26(31)23-16(4)21(27(32)33-7-3)25(35-23)28-24(30)22-17-12-8-10-14-19(17)34-20-15-11-9-13-18(20)22/h8-15,22H,5-7H2,1-4H3,(H,28,30). The van der Waals surface area contributed by atoms with E-state index < -0.39 is 11.9 Å². The molecule has 0 aliphatic carbocycles. The van der Waals surface area contributed by atoms with Crippen molar-refractivity contribution in [2.45, 2.75) is 33.6 Å². The Morgan fingerprint density at radius 2 is 1.54 bits per heavy atom. The molecule has 1 aromatic heterocycles. The average molecular weight is 493 g/mol. The average Bonchev–Trinajstić information content (AvgIpc) is 3.18. The van der Waals surface area contributed by atoms with E-state index in [1.54, 1.807) is 18.7 Å². The number of nitrogens with one attached hydrogen (secondary N) is 1. The number of esters is 1. The molecule has 0 unspecified atom stereocenters. The van der Waals surface area contributed by atoms with Crippen molar-refractivity contribution in [1.82, 2.24) is 4.90 Å². The maximum absolute atomic E-state index is 13.8. The first-order chi connectivity index (χ1) is 16.9. The van der Waals surface area contributed by atoms with Crippen molar-refractivity contribution in [3.8, 4) is 11.5 Å². The number of para-hydroxylation sites is 2. The molecule has 1 aliphatic rings. The van der Waals surface area contributed by atoms with E-state index >= 15 is 0 Å². The van der Waals surface area contributed by atoms with Crippen molar-refractivity contribution < 1.29 is 23.9 Å². The molecule has 7 nitrogen and oxygen atoms in total. The third-order valence-electron chi connectivity index (χ3n) is 6.05. The fourth-order valence-corrected chi connectivity index (χ4v) is 5.45. The summed E-state index contributed by atoms with van der Waals surface area (Å²) in [5.41, 5.74) is 2.19. The van der Waals surface area contributed by atoms with Crippen LogP contribution in [-0.4, -0.2) is 42.4 Å². The van der Waals surface area contributed by atoms with Crippen molar-refractivity contribution in [2.24, 2.45) is 0 Å². The zero-order valence-electron chi connectivity index (χ0n) is 20.2. The van der Waals surface area contributed by atoms with Gasteiger partial charge in [-0.25, -0.2) is 4.79 Å². The molecule has 2 aromatic carbocycles. The Bertz CT molecular complexity index is 1230. The van der Waals surface area contributed by atoms with Gasteiger partial charge in [-0.2, -0.15) is 0 Å². The van der Waals surface area contributed by atoms with E-state index in [2.05, 4.69) is 5.32 Å². The minimum absolute atomic E-state index is 0.176. The third-order valence-corrected chi connectivity index (χ3v) is 7.25. The van der Waals surface area contributed by atoms with Gasteiger partial charge in [0.15, 0.2) is 0 Å². The van der Waals surface area contributed by atoms with Crippen LogP contribution in [0.25, 0.3) is 0 Å². The Labute approximate surface area is 208 Å². The fourth-order valence-electron chi connectivity index (χ4n) is 4.29. The van der Waals surface area contributed by atoms with Gasteiger partial charge in [0, 0.05) is 24.2 Å². The van der Waals surface area contributed by atoms with E-state index in [0.717, 1.165) is 22.5 Å². The minimum Gasteiger partial charge on any atom is -0.462 e. The van der Waals surface area contributed by atoms with Crippen LogP contribution in [0.1, 0.15) is 63.4 Å². The lowest BCUT2D eigenvalue weighted by Crippen LogP contribution is -2.30. The van der Waals surface area contributed by atoms with Gasteiger partial charge in [-0.05, 0) is 45.4 Å². The normalized spacial score (nSPS) is 12.2. The molecular weight excluding hydrogens is 464 g/mol. The number of hydrogen-bond acceptors (Lipinski definition) is 6. The number of benzene rings is 2. The van der Waals surface area contributed by atoms with Crippen molar-refractivity contribution in [3.63, 3.8) is 0 Å². The van der Waals surface area contributed by atoms with E-state index in [-0.39, 0.29) is 24.0 Å². The van der Waals surface area contributed by atoms with E-state index in [1.807, 2.05) is 62.4 Å². The van der Waals surface area contributed by atoms with Crippen LogP contribution in [0.15, 0.2) is 48.5 Å². The van der Waals surface area contributed by atoms with Gasteiger partial charge >= 0.3 is 5.97 Å². The van der Waals surface area contributed by atoms with Gasteiger partial charge in [-0.3, -0.25) is 9.59 Å². The van der Waals surface area contributed by atoms with Gasteiger partial charge in [0.25, 0.3) is 5.91 Å². The lowest BCUT2D eigenvalue weighted by Gasteiger charge is -2.27. The molecule has 0 radical (unpaired) electrons. The number of carbonyl (C=O) groups excluding carboxylic acids is 3. The molecule has 1 N–H and O–H groups in total. The molecule has 4 rings (SSSR count). The second-order valence-corrected chi connectivity index (χ2v) is 9.08. The Balaban J connectivity index is 1.77. The summed E-state index contributed by atoms with van der Waals surface area (Å²) in [6.07, 6.45) is 0. The summed E-state index contributed by atoms with van der Waals surface area (Å²) in [4.78, 5) is 41.9. The lowest BCUT2D eigenvalue weighted by atomic mass is 9.87. The first-order valence-corrected chi connectivity index (χ1v) is 12.5. The minimum atomic E-state index is -0.643. The maximum atomic E-state index is 13.8. The van der Waals surface area contributed by atoms with Crippen LogP contribution in [0.3, 0.4) is 0 Å². The molecule has 0 spiro atoms. The monoisotopic (exact) mass is 492 g/mol. The molecule has 0 saturated heterocycles. The van der Waals surface area contributed by atoms with Crippen molar-refractivity contribution in [1.29, 1.82) is 0 Å². The number of rotatable bonds is 7. The number of thiophene rings is 1. The van der Waals surface area contributed by atoms with Crippen LogP contribution in [0.5, 0.6) is 11.5 Å². The van der Waals surface area contributed by atoms with Crippen LogP contribution in [-0.2, 0) is 9.53 Å². The molecule has 3 aromatic rings. The van der Waals surface area contributed by atoms with Crippen LogP contribution >= 0.6 is 11.3 Å². The lowest BCUT2D eigenvalue weighted by molar-refractivity contribution is -0.116. The van der Waals surface area contributed by atoms with Crippen molar-refractivity contribution in [3.05, 3.63) is 75.7 Å². The van der Waals surface area contributed by atoms with Crippen LogP contribution < -0.4 is 10.1 Å². The summed E-state index contributed by atoms with van der Waals surface area (Å²) in [5.74, 6) is -0.487. The van der Waals surface area contributed by atoms with E-state index in [4.69, 9.17) is 9.47 Å². The molecule has 0 saturated carbocycles. The largest absolute Gasteiger partial charge is 0.462 e. The number of fused-ring (bicyclic) bond motifs is 2. The first-order valence-electron chi connectivity index (χ1n) is 11.7. The molecule has 1 aliphatic heterocycles. The molecule has 35 heavy (non-hydrogen) atoms. The highest BCUT2D eigenvalue weighted by molar-refractivity contribution is 7.18. The molecule has 182 valence electrons. The van der Waals surface area contributed by atoms with E-state index in [9.17, 15) is 14.4 Å². The number of ether oxygens (including phenoxy) is 2. The number of nitrogens with zero attached hydrogens (tertiary/aromatic N) is 1. The van der Waals surface area contributed by atoms with Gasteiger partial charge in [0.1, 0.15) is 16.5 Å². The summed E-state index contributed by atoms with van der Waals surface area (Å²) in [6, 6.07) is 14.8. The van der Waals surface area contributed by atoms with Gasteiger partial charge in [-0.15, -0.1) is 11.3 Å². The smallest absolute Gasteiger partial charge is 0.341 e. The number of anilines is 1. The Morgan fingerprint density at radius 3 is 2.09 bits per heavy atom. The molecular formula is C27H28N2O5S. The predicted octanol–water partition coefficient (Wildman–Crippen LogP) is 5.59. The van der Waals surface area contributed by atoms with Gasteiger partial charge in [-0.1, -0.05) is 36.4 Å². The van der Waals surface area contributed by atoms with Gasteiger partial charge in [0.05, 0.1) is 23.0 Å². The third kappa shape index (κ3) is 4.53. The summed E-state index contributed by atoms with van der Waals surface area (Å²) in [7, 11) is 0. The summed E-state index contributed by atoms with van der Waals surface area (Å²) >= 11 is 1.11. The summed E-state index contributed by atoms with van der Waals surface area (Å²) in [5, 5.41) is 3.25. The highest BCUT2D eigenvalue weighted by Crippen LogP contribution is 2.45. The van der Waals surface area contributed by atoms with E-state index in [1.165, 1.54) is 0 Å². The SMILES string of the molecule is CCOC(=O)c1c(NC(=O)C2c3ccccc3Oc3ccccc32)sc(C(=O)N(CC)CC)c1C. The molecule has 0 fully saturated rings. The maximum Gasteiger partial charge on any atom is 0.341 e. The quantitative estimate of drug-likeness (QED) is 0.435. The Hall–Kier alpha value is -3.65. The number of amides is 2. The molecule has 8 heteroatoms. The fraction of sp³-hybridized carbons (Fsp3) is 0.296. The Kier molecular flexibility index (Phi) is 7.21. The molecule has 2 amide bonds. The van der Waals surface area contributed by atoms with Crippen LogP contribution in [0, 0.1) is 6.92 Å². The van der Waals surface area contributed by atoms with Gasteiger partial charge in [0.2, 0.25) is 5.91 Å². The predicted molar refractivity (Wildman–Crippen MR) is 136 cm³/mol. The topological polar surface area (TPSA) is 84.9 Å². The second-order valence-electron chi connectivity index (χ2n) is 8.06. The zero-order chi connectivity index (χ0) is 25.1. The first kappa shape index (κ1) is 24.5. The zero-order valence-corrected chi connectivity index (χ0v) is 21.0. The van der Waals surface area contributed by atoms with Crippen LogP contribution in [0.2, 0.25) is 0 Å². The van der Waals surface area contributed by atoms with Crippen molar-refractivity contribution in [2.75, 3.05) is 25.0 Å². The summed E-state index contributed by atoms with van der Waals surface area (Å²) < 4.78 is 11.3. The number of carbonyl (C=O) groups is 3. The second kappa shape index (κ2) is 10.3. The molecule has 2 heterocycles. The Morgan fingerprint density at radius 1 is 0.971 bits per heavy atom. The molecule has 0 bridgehead atoms. The highest BCUT2D eigenvalue weighted by Gasteiger charge is 2.35. The van der Waals surface area contributed by atoms with Crippen LogP contribution in [0.4, 0.5) is 5.00 Å².